The lowest BCUT2D eigenvalue weighted by atomic mass is 10.1. The SMILES string of the molecule is Cc1c(F)cc(C(=O)NCC(F)(F)F)cc1NCC(=O)NCCCc1ccccc1. The summed E-state index contributed by atoms with van der Waals surface area (Å²) in [5.74, 6) is -2.14. The molecule has 2 rings (SSSR count). The fourth-order valence-corrected chi connectivity index (χ4v) is 2.68. The molecule has 0 aliphatic carbocycles. The minimum Gasteiger partial charge on any atom is -0.376 e. The molecule has 0 radical (unpaired) electrons. The van der Waals surface area contributed by atoms with E-state index in [0.29, 0.717) is 6.54 Å². The first-order valence-electron chi connectivity index (χ1n) is 9.35. The van der Waals surface area contributed by atoms with E-state index in [1.807, 2.05) is 30.3 Å². The first kappa shape index (κ1) is 23.2. The molecule has 0 bridgehead atoms. The molecule has 0 atom stereocenters. The zero-order valence-electron chi connectivity index (χ0n) is 16.4. The van der Waals surface area contributed by atoms with Gasteiger partial charge in [0.25, 0.3) is 5.91 Å². The molecule has 9 heteroatoms. The van der Waals surface area contributed by atoms with Crippen LogP contribution in [0.3, 0.4) is 0 Å². The van der Waals surface area contributed by atoms with Gasteiger partial charge < -0.3 is 16.0 Å². The van der Waals surface area contributed by atoms with Crippen LogP contribution in [0.4, 0.5) is 23.2 Å². The number of amides is 2. The number of carbonyl (C=O) groups excluding carboxylic acids is 2. The van der Waals surface area contributed by atoms with Crippen LogP contribution < -0.4 is 16.0 Å². The standard InChI is InChI=1S/C21H23F4N3O2/c1-14-17(22)10-16(20(30)28-13-21(23,24)25)11-18(14)27-12-19(29)26-9-5-8-15-6-3-2-4-7-15/h2-4,6-7,10-11,27H,5,8-9,12-13H2,1H3,(H,26,29)(H,28,30). The number of hydrogen-bond acceptors (Lipinski definition) is 3. The Morgan fingerprint density at radius 1 is 1.03 bits per heavy atom. The summed E-state index contributed by atoms with van der Waals surface area (Å²) in [5.41, 5.74) is 1.20. The minimum absolute atomic E-state index is 0.152. The summed E-state index contributed by atoms with van der Waals surface area (Å²) in [4.78, 5) is 23.8. The van der Waals surface area contributed by atoms with Crippen LogP contribution in [0.15, 0.2) is 42.5 Å². The van der Waals surface area contributed by atoms with E-state index in [4.69, 9.17) is 0 Å². The second kappa shape index (κ2) is 10.6. The van der Waals surface area contributed by atoms with Gasteiger partial charge in [-0.05, 0) is 37.5 Å². The van der Waals surface area contributed by atoms with Gasteiger partial charge in [-0.15, -0.1) is 0 Å². The van der Waals surface area contributed by atoms with Crippen molar-refractivity contribution in [3.8, 4) is 0 Å². The van der Waals surface area contributed by atoms with E-state index >= 15 is 0 Å². The highest BCUT2D eigenvalue weighted by Crippen LogP contribution is 2.21. The predicted molar refractivity (Wildman–Crippen MR) is 106 cm³/mol. The third kappa shape index (κ3) is 7.73. The number of alkyl halides is 3. The van der Waals surface area contributed by atoms with E-state index in [2.05, 4.69) is 10.6 Å². The fraction of sp³-hybridized carbons (Fsp3) is 0.333. The van der Waals surface area contributed by atoms with Crippen LogP contribution in [-0.4, -0.2) is 37.6 Å². The maximum Gasteiger partial charge on any atom is 0.405 e. The Morgan fingerprint density at radius 2 is 1.73 bits per heavy atom. The molecule has 0 aliphatic heterocycles. The van der Waals surface area contributed by atoms with E-state index in [-0.39, 0.29) is 29.3 Å². The Labute approximate surface area is 171 Å². The van der Waals surface area contributed by atoms with Crippen molar-refractivity contribution in [1.29, 1.82) is 0 Å². The molecule has 30 heavy (non-hydrogen) atoms. The summed E-state index contributed by atoms with van der Waals surface area (Å²) < 4.78 is 50.8. The summed E-state index contributed by atoms with van der Waals surface area (Å²) in [5, 5.41) is 7.15. The largest absolute Gasteiger partial charge is 0.405 e. The number of benzene rings is 2. The first-order valence-corrected chi connectivity index (χ1v) is 9.35. The van der Waals surface area contributed by atoms with Gasteiger partial charge in [-0.1, -0.05) is 30.3 Å². The topological polar surface area (TPSA) is 70.2 Å². The van der Waals surface area contributed by atoms with Crippen LogP contribution in [0.1, 0.15) is 27.9 Å². The van der Waals surface area contributed by atoms with Crippen molar-refractivity contribution >= 4 is 17.5 Å². The number of carbonyl (C=O) groups is 2. The Bertz CT molecular complexity index is 871. The summed E-state index contributed by atoms with van der Waals surface area (Å²) in [7, 11) is 0. The van der Waals surface area contributed by atoms with Gasteiger partial charge in [-0.25, -0.2) is 4.39 Å². The van der Waals surface area contributed by atoms with Gasteiger partial charge >= 0.3 is 6.18 Å². The molecule has 5 nitrogen and oxygen atoms in total. The van der Waals surface area contributed by atoms with E-state index in [1.54, 1.807) is 5.32 Å². The van der Waals surface area contributed by atoms with Crippen LogP contribution in [0.2, 0.25) is 0 Å². The van der Waals surface area contributed by atoms with E-state index in [1.165, 1.54) is 13.0 Å². The highest BCUT2D eigenvalue weighted by Gasteiger charge is 2.28. The second-order valence-electron chi connectivity index (χ2n) is 6.72. The lowest BCUT2D eigenvalue weighted by Crippen LogP contribution is -2.34. The van der Waals surface area contributed by atoms with Gasteiger partial charge in [0.05, 0.1) is 6.54 Å². The van der Waals surface area contributed by atoms with Gasteiger partial charge in [0.15, 0.2) is 0 Å². The van der Waals surface area contributed by atoms with E-state index in [0.717, 1.165) is 24.5 Å². The highest BCUT2D eigenvalue weighted by molar-refractivity contribution is 5.95. The maximum absolute atomic E-state index is 14.1. The molecule has 2 aromatic rings. The Hall–Kier alpha value is -3.10. The van der Waals surface area contributed by atoms with Gasteiger partial charge in [-0.3, -0.25) is 9.59 Å². The number of nitrogens with one attached hydrogen (secondary N) is 3. The van der Waals surface area contributed by atoms with E-state index in [9.17, 15) is 27.2 Å². The molecule has 0 unspecified atom stereocenters. The third-order valence-electron chi connectivity index (χ3n) is 4.30. The lowest BCUT2D eigenvalue weighted by Gasteiger charge is -2.13. The third-order valence-corrected chi connectivity index (χ3v) is 4.30. The molecule has 2 aromatic carbocycles. The van der Waals surface area contributed by atoms with Crippen LogP contribution >= 0.6 is 0 Å². The first-order chi connectivity index (χ1) is 14.2. The number of hydrogen-bond donors (Lipinski definition) is 3. The Kier molecular flexibility index (Phi) is 8.20. The summed E-state index contributed by atoms with van der Waals surface area (Å²) in [6, 6.07) is 11.9. The molecule has 3 N–H and O–H groups in total. The molecule has 162 valence electrons. The van der Waals surface area contributed by atoms with Crippen LogP contribution in [0.5, 0.6) is 0 Å². The molecule has 0 aliphatic rings. The molecular weight excluding hydrogens is 402 g/mol. The predicted octanol–water partition coefficient (Wildman–Crippen LogP) is 3.59. The molecule has 0 spiro atoms. The summed E-state index contributed by atoms with van der Waals surface area (Å²) in [6.07, 6.45) is -3.01. The normalized spacial score (nSPS) is 11.1. The Morgan fingerprint density at radius 3 is 2.40 bits per heavy atom. The fourth-order valence-electron chi connectivity index (χ4n) is 2.68. The average molecular weight is 425 g/mol. The highest BCUT2D eigenvalue weighted by atomic mass is 19.4. The van der Waals surface area contributed by atoms with Gasteiger partial charge in [0.1, 0.15) is 12.4 Å². The van der Waals surface area contributed by atoms with Crippen molar-refractivity contribution in [3.05, 3.63) is 65.0 Å². The van der Waals surface area contributed by atoms with Gasteiger partial charge in [-0.2, -0.15) is 13.2 Å². The summed E-state index contributed by atoms with van der Waals surface area (Å²) in [6.45, 7) is 0.212. The number of anilines is 1. The van der Waals surface area contributed by atoms with Crippen molar-refractivity contribution in [1.82, 2.24) is 10.6 Å². The zero-order chi connectivity index (χ0) is 22.1. The molecule has 0 saturated carbocycles. The molecule has 2 amide bonds. The van der Waals surface area contributed by atoms with Crippen molar-refractivity contribution in [3.63, 3.8) is 0 Å². The quantitative estimate of drug-likeness (QED) is 0.425. The zero-order valence-corrected chi connectivity index (χ0v) is 16.4. The van der Waals surface area contributed by atoms with Crippen molar-refractivity contribution in [2.45, 2.75) is 25.9 Å². The second-order valence-corrected chi connectivity index (χ2v) is 6.72. The smallest absolute Gasteiger partial charge is 0.376 e. The number of halogens is 4. The number of rotatable bonds is 9. The van der Waals surface area contributed by atoms with Crippen LogP contribution in [0, 0.1) is 12.7 Å². The van der Waals surface area contributed by atoms with Crippen molar-refractivity contribution in [2.75, 3.05) is 25.0 Å². The van der Waals surface area contributed by atoms with Crippen LogP contribution in [0.25, 0.3) is 0 Å². The van der Waals surface area contributed by atoms with E-state index < -0.39 is 24.4 Å². The maximum atomic E-state index is 14.1. The number of aryl methyl sites for hydroxylation is 1. The molecule has 0 fully saturated rings. The Balaban J connectivity index is 1.85. The van der Waals surface area contributed by atoms with Crippen molar-refractivity contribution < 1.29 is 27.2 Å². The van der Waals surface area contributed by atoms with Crippen LogP contribution in [-0.2, 0) is 11.2 Å². The van der Waals surface area contributed by atoms with Gasteiger partial charge in [0, 0.05) is 23.4 Å². The average Bonchev–Trinajstić information content (AvgIpc) is 2.70. The molecule has 0 heterocycles. The lowest BCUT2D eigenvalue weighted by molar-refractivity contribution is -0.123. The molecular formula is C21H23F4N3O2. The van der Waals surface area contributed by atoms with Gasteiger partial charge in [0.2, 0.25) is 5.91 Å². The summed E-state index contributed by atoms with van der Waals surface area (Å²) >= 11 is 0. The monoisotopic (exact) mass is 425 g/mol. The molecule has 0 saturated heterocycles. The molecule has 0 aromatic heterocycles. The van der Waals surface area contributed by atoms with Crippen molar-refractivity contribution in [2.24, 2.45) is 0 Å². The minimum atomic E-state index is -4.57.